The first-order valence-corrected chi connectivity index (χ1v) is 4.82. The predicted molar refractivity (Wildman–Crippen MR) is 52.6 cm³/mol. The SMILES string of the molecule is C[C@@H]1CC(=O)N(c2ccc(F)cc2F)C1=O. The second-order valence-corrected chi connectivity index (χ2v) is 3.77. The molecule has 1 aromatic rings. The topological polar surface area (TPSA) is 37.4 Å². The van der Waals surface area contributed by atoms with E-state index in [2.05, 4.69) is 0 Å². The van der Waals surface area contributed by atoms with Gasteiger partial charge in [0.15, 0.2) is 0 Å². The number of halogens is 2. The molecule has 0 radical (unpaired) electrons. The van der Waals surface area contributed by atoms with Crippen molar-refractivity contribution in [1.29, 1.82) is 0 Å². The summed E-state index contributed by atoms with van der Waals surface area (Å²) in [4.78, 5) is 23.9. The van der Waals surface area contributed by atoms with Gasteiger partial charge in [0, 0.05) is 18.4 Å². The summed E-state index contributed by atoms with van der Waals surface area (Å²) in [6.07, 6.45) is 0.0651. The van der Waals surface area contributed by atoms with E-state index in [0.717, 1.165) is 17.0 Å². The highest BCUT2D eigenvalue weighted by Gasteiger charge is 2.37. The standard InChI is InChI=1S/C11H9F2NO2/c1-6-4-10(15)14(11(6)16)9-3-2-7(12)5-8(9)13/h2-3,5-6H,4H2,1H3/t6-/m1/s1. The van der Waals surface area contributed by atoms with E-state index in [1.165, 1.54) is 0 Å². The molecule has 16 heavy (non-hydrogen) atoms. The molecule has 0 spiro atoms. The van der Waals surface area contributed by atoms with E-state index in [-0.39, 0.29) is 12.1 Å². The van der Waals surface area contributed by atoms with Crippen LogP contribution in [0.5, 0.6) is 0 Å². The van der Waals surface area contributed by atoms with E-state index in [9.17, 15) is 18.4 Å². The average Bonchev–Trinajstić information content (AvgIpc) is 2.43. The van der Waals surface area contributed by atoms with Crippen molar-refractivity contribution in [3.8, 4) is 0 Å². The van der Waals surface area contributed by atoms with Crippen molar-refractivity contribution in [3.05, 3.63) is 29.8 Å². The Balaban J connectivity index is 2.45. The Hall–Kier alpha value is -1.78. The zero-order valence-corrected chi connectivity index (χ0v) is 8.54. The van der Waals surface area contributed by atoms with E-state index in [0.29, 0.717) is 6.07 Å². The molecule has 0 N–H and O–H groups in total. The number of rotatable bonds is 1. The number of nitrogens with zero attached hydrogens (tertiary/aromatic N) is 1. The molecule has 1 aliphatic heterocycles. The Labute approximate surface area is 90.7 Å². The maximum Gasteiger partial charge on any atom is 0.237 e. The molecule has 3 nitrogen and oxygen atoms in total. The lowest BCUT2D eigenvalue weighted by atomic mass is 10.1. The van der Waals surface area contributed by atoms with Crippen LogP contribution in [0.3, 0.4) is 0 Å². The van der Waals surface area contributed by atoms with Gasteiger partial charge in [-0.15, -0.1) is 0 Å². The van der Waals surface area contributed by atoms with Crippen LogP contribution in [0.2, 0.25) is 0 Å². The van der Waals surface area contributed by atoms with Crippen molar-refractivity contribution >= 4 is 17.5 Å². The van der Waals surface area contributed by atoms with Gasteiger partial charge in [0.05, 0.1) is 5.69 Å². The molecule has 0 aromatic heterocycles. The Kier molecular flexibility index (Phi) is 2.46. The maximum absolute atomic E-state index is 13.4. The van der Waals surface area contributed by atoms with Crippen LogP contribution in [0.4, 0.5) is 14.5 Å². The van der Waals surface area contributed by atoms with Crippen LogP contribution in [-0.2, 0) is 9.59 Å². The lowest BCUT2D eigenvalue weighted by Crippen LogP contribution is -2.30. The Bertz CT molecular complexity index is 473. The van der Waals surface area contributed by atoms with Gasteiger partial charge in [-0.2, -0.15) is 0 Å². The zero-order valence-electron chi connectivity index (χ0n) is 8.54. The summed E-state index contributed by atoms with van der Waals surface area (Å²) in [5.41, 5.74) is -0.180. The Morgan fingerprint density at radius 2 is 2.00 bits per heavy atom. The highest BCUT2D eigenvalue weighted by atomic mass is 19.1. The lowest BCUT2D eigenvalue weighted by molar-refractivity contribution is -0.122. The van der Waals surface area contributed by atoms with Gasteiger partial charge in [0.1, 0.15) is 11.6 Å². The number of benzene rings is 1. The Morgan fingerprint density at radius 3 is 2.50 bits per heavy atom. The molecule has 1 heterocycles. The number of carbonyl (C=O) groups excluding carboxylic acids is 2. The monoisotopic (exact) mass is 225 g/mol. The van der Waals surface area contributed by atoms with E-state index in [1.807, 2.05) is 0 Å². The molecule has 1 aromatic carbocycles. The predicted octanol–water partition coefficient (Wildman–Crippen LogP) is 1.86. The van der Waals surface area contributed by atoms with Crippen molar-refractivity contribution in [2.24, 2.45) is 5.92 Å². The fourth-order valence-electron chi connectivity index (χ4n) is 1.70. The van der Waals surface area contributed by atoms with Crippen molar-refractivity contribution in [3.63, 3.8) is 0 Å². The second-order valence-electron chi connectivity index (χ2n) is 3.77. The third-order valence-corrected chi connectivity index (χ3v) is 2.52. The van der Waals surface area contributed by atoms with E-state index in [4.69, 9.17) is 0 Å². The summed E-state index contributed by atoms with van der Waals surface area (Å²) >= 11 is 0. The number of hydrogen-bond acceptors (Lipinski definition) is 2. The Morgan fingerprint density at radius 1 is 1.31 bits per heavy atom. The molecule has 5 heteroatoms. The molecule has 2 amide bonds. The first-order chi connectivity index (χ1) is 7.50. The van der Waals surface area contributed by atoms with Gasteiger partial charge in [-0.3, -0.25) is 9.59 Å². The van der Waals surface area contributed by atoms with Crippen LogP contribution in [-0.4, -0.2) is 11.8 Å². The minimum Gasteiger partial charge on any atom is -0.274 e. The summed E-state index contributed by atoms with van der Waals surface area (Å²) in [7, 11) is 0. The smallest absolute Gasteiger partial charge is 0.237 e. The van der Waals surface area contributed by atoms with E-state index >= 15 is 0 Å². The molecule has 0 bridgehead atoms. The zero-order chi connectivity index (χ0) is 11.9. The van der Waals surface area contributed by atoms with Crippen LogP contribution in [0.25, 0.3) is 0 Å². The largest absolute Gasteiger partial charge is 0.274 e. The summed E-state index contributed by atoms with van der Waals surface area (Å²) < 4.78 is 26.1. The quantitative estimate of drug-likeness (QED) is 0.684. The highest BCUT2D eigenvalue weighted by molar-refractivity contribution is 6.20. The number of amides is 2. The second kappa shape index (κ2) is 3.66. The minimum absolute atomic E-state index is 0.0651. The van der Waals surface area contributed by atoms with E-state index < -0.39 is 29.4 Å². The molecule has 2 rings (SSSR count). The van der Waals surface area contributed by atoms with Crippen molar-refractivity contribution in [2.45, 2.75) is 13.3 Å². The van der Waals surface area contributed by atoms with Gasteiger partial charge in [-0.1, -0.05) is 6.92 Å². The lowest BCUT2D eigenvalue weighted by Gasteiger charge is -2.14. The summed E-state index contributed by atoms with van der Waals surface area (Å²) in [5, 5.41) is 0. The van der Waals surface area contributed by atoms with Crippen molar-refractivity contribution in [1.82, 2.24) is 0 Å². The van der Waals surface area contributed by atoms with Crippen molar-refractivity contribution in [2.75, 3.05) is 4.90 Å². The van der Waals surface area contributed by atoms with Gasteiger partial charge in [0.2, 0.25) is 11.8 Å². The number of anilines is 1. The highest BCUT2D eigenvalue weighted by Crippen LogP contribution is 2.28. The molecule has 1 fully saturated rings. The normalized spacial score (nSPS) is 20.7. The molecule has 1 aliphatic rings. The molecule has 0 unspecified atom stereocenters. The van der Waals surface area contributed by atoms with Gasteiger partial charge < -0.3 is 0 Å². The average molecular weight is 225 g/mol. The first kappa shape index (κ1) is 10.7. The van der Waals surface area contributed by atoms with Crippen LogP contribution < -0.4 is 4.90 Å². The fraction of sp³-hybridized carbons (Fsp3) is 0.273. The van der Waals surface area contributed by atoms with Gasteiger partial charge in [-0.05, 0) is 12.1 Å². The van der Waals surface area contributed by atoms with Crippen LogP contribution in [0.1, 0.15) is 13.3 Å². The van der Waals surface area contributed by atoms with Gasteiger partial charge in [0.25, 0.3) is 0 Å². The summed E-state index contributed by atoms with van der Waals surface area (Å²) in [6, 6.07) is 2.76. The molecule has 1 saturated heterocycles. The number of carbonyl (C=O) groups is 2. The minimum atomic E-state index is -0.907. The van der Waals surface area contributed by atoms with Gasteiger partial charge >= 0.3 is 0 Å². The van der Waals surface area contributed by atoms with Crippen LogP contribution in [0.15, 0.2) is 18.2 Å². The first-order valence-electron chi connectivity index (χ1n) is 4.82. The van der Waals surface area contributed by atoms with Crippen molar-refractivity contribution < 1.29 is 18.4 Å². The van der Waals surface area contributed by atoms with Crippen LogP contribution in [0, 0.1) is 17.6 Å². The third kappa shape index (κ3) is 1.58. The van der Waals surface area contributed by atoms with Crippen LogP contribution >= 0.6 is 0 Å². The van der Waals surface area contributed by atoms with E-state index in [1.54, 1.807) is 6.92 Å². The van der Waals surface area contributed by atoms with Gasteiger partial charge in [-0.25, -0.2) is 13.7 Å². The number of imide groups is 1. The summed E-state index contributed by atoms with van der Waals surface area (Å²) in [6.45, 7) is 1.60. The molecular formula is C11H9F2NO2. The fourth-order valence-corrected chi connectivity index (χ4v) is 1.70. The molecule has 1 atom stereocenters. The third-order valence-electron chi connectivity index (χ3n) is 2.52. The molecular weight excluding hydrogens is 216 g/mol. The maximum atomic E-state index is 13.4. The molecule has 0 aliphatic carbocycles. The molecule has 84 valence electrons. The number of hydrogen-bond donors (Lipinski definition) is 0. The molecule has 0 saturated carbocycles. The summed E-state index contributed by atoms with van der Waals surface area (Å²) in [5.74, 6) is -3.00.